The van der Waals surface area contributed by atoms with Gasteiger partial charge in [0.1, 0.15) is 9.49 Å². The third-order valence-electron chi connectivity index (χ3n) is 2.91. The lowest BCUT2D eigenvalue weighted by molar-refractivity contribution is 0.103. The Bertz CT molecular complexity index is 640. The minimum atomic E-state index is -0.182. The molecule has 0 bridgehead atoms. The van der Waals surface area contributed by atoms with Gasteiger partial charge in [0.2, 0.25) is 0 Å². The number of aliphatic hydroxyl groups is 1. The number of aromatic nitrogens is 1. The van der Waals surface area contributed by atoms with Crippen molar-refractivity contribution < 1.29 is 9.90 Å². The number of aliphatic hydroxyl groups excluding tert-OH is 1. The molecule has 0 amide bonds. The Kier molecular flexibility index (Phi) is 5.16. The predicted octanol–water partition coefficient (Wildman–Crippen LogP) is 3.78. The van der Waals surface area contributed by atoms with Crippen LogP contribution in [0.2, 0.25) is 9.49 Å². The molecule has 0 radical (unpaired) electrons. The van der Waals surface area contributed by atoms with Crippen molar-refractivity contribution in [2.45, 2.75) is 19.8 Å². The van der Waals surface area contributed by atoms with Crippen LogP contribution in [0.15, 0.2) is 18.3 Å². The van der Waals surface area contributed by atoms with Gasteiger partial charge in [0.15, 0.2) is 5.78 Å². The van der Waals surface area contributed by atoms with E-state index in [2.05, 4.69) is 4.98 Å². The predicted molar refractivity (Wildman–Crippen MR) is 82.2 cm³/mol. The Labute approximate surface area is 131 Å². The number of ketones is 1. The number of hydrogen-bond acceptors (Lipinski definition) is 4. The smallest absolute Gasteiger partial charge is 0.195 e. The molecule has 0 aliphatic rings. The monoisotopic (exact) mass is 329 g/mol. The number of thiophene rings is 1. The summed E-state index contributed by atoms with van der Waals surface area (Å²) in [5.41, 5.74) is 1.60. The van der Waals surface area contributed by atoms with Crippen molar-refractivity contribution in [2.75, 3.05) is 6.61 Å². The molecule has 0 saturated carbocycles. The second kappa shape index (κ2) is 6.68. The fourth-order valence-corrected chi connectivity index (χ4v) is 3.29. The maximum Gasteiger partial charge on any atom is 0.195 e. The Morgan fingerprint density at radius 3 is 2.70 bits per heavy atom. The molecular formula is C14H13Cl2NO2S. The largest absolute Gasteiger partial charge is 0.396 e. The summed E-state index contributed by atoms with van der Waals surface area (Å²) in [5, 5.41) is 9.31. The van der Waals surface area contributed by atoms with Crippen LogP contribution in [0, 0.1) is 0 Å². The molecule has 0 fully saturated rings. The highest BCUT2D eigenvalue weighted by Gasteiger charge is 2.19. The van der Waals surface area contributed by atoms with E-state index in [4.69, 9.17) is 28.3 Å². The molecule has 2 rings (SSSR count). The Morgan fingerprint density at radius 1 is 1.35 bits per heavy atom. The molecule has 1 N–H and O–H groups in total. The summed E-state index contributed by atoms with van der Waals surface area (Å²) in [4.78, 5) is 17.6. The average Bonchev–Trinajstić information content (AvgIpc) is 2.81. The summed E-state index contributed by atoms with van der Waals surface area (Å²) >= 11 is 13.4. The molecule has 0 atom stereocenters. The van der Waals surface area contributed by atoms with Gasteiger partial charge in [0.25, 0.3) is 0 Å². The number of nitrogens with zero attached hydrogens (tertiary/aromatic N) is 1. The van der Waals surface area contributed by atoms with Crippen molar-refractivity contribution >= 4 is 40.3 Å². The molecule has 0 saturated heterocycles. The Hall–Kier alpha value is -0.940. The molecule has 6 heteroatoms. The third-order valence-corrected chi connectivity index (χ3v) is 4.62. The molecule has 20 heavy (non-hydrogen) atoms. The summed E-state index contributed by atoms with van der Waals surface area (Å²) < 4.78 is 0.481. The van der Waals surface area contributed by atoms with Gasteiger partial charge in [-0.15, -0.1) is 11.3 Å². The van der Waals surface area contributed by atoms with Crippen molar-refractivity contribution in [1.29, 1.82) is 0 Å². The van der Waals surface area contributed by atoms with Crippen molar-refractivity contribution in [1.82, 2.24) is 4.98 Å². The highest BCUT2D eigenvalue weighted by atomic mass is 35.5. The SMILES string of the molecule is CCc1cc(C(=O)c2cc(Cl)ncc2CCO)c(Cl)s1. The first-order chi connectivity index (χ1) is 9.56. The summed E-state index contributed by atoms with van der Waals surface area (Å²) in [6.45, 7) is 1.96. The zero-order valence-corrected chi connectivity index (χ0v) is 13.1. The zero-order valence-electron chi connectivity index (χ0n) is 10.8. The first-order valence-corrected chi connectivity index (χ1v) is 7.72. The van der Waals surface area contributed by atoms with E-state index in [0.29, 0.717) is 27.4 Å². The number of aryl methyl sites for hydroxylation is 1. The standard InChI is InChI=1S/C14H13Cl2NO2S/c1-2-9-5-11(14(16)20-9)13(19)10-6-12(15)17-7-8(10)3-4-18/h5-7,18H,2-4H2,1H3. The number of rotatable bonds is 5. The maximum absolute atomic E-state index is 12.6. The van der Waals surface area contributed by atoms with Crippen LogP contribution < -0.4 is 0 Å². The lowest BCUT2D eigenvalue weighted by atomic mass is 10.00. The van der Waals surface area contributed by atoms with E-state index in [1.54, 1.807) is 0 Å². The molecule has 0 unspecified atom stereocenters. The number of halogens is 2. The number of carbonyl (C=O) groups excluding carboxylic acids is 1. The molecule has 0 aliphatic heterocycles. The van der Waals surface area contributed by atoms with Crippen molar-refractivity contribution in [3.05, 3.63) is 49.4 Å². The Balaban J connectivity index is 2.46. The van der Waals surface area contributed by atoms with Crippen LogP contribution in [-0.4, -0.2) is 22.5 Å². The topological polar surface area (TPSA) is 50.2 Å². The van der Waals surface area contributed by atoms with E-state index in [1.807, 2.05) is 13.0 Å². The van der Waals surface area contributed by atoms with Gasteiger partial charge >= 0.3 is 0 Å². The summed E-state index contributed by atoms with van der Waals surface area (Å²) in [7, 11) is 0. The molecular weight excluding hydrogens is 317 g/mol. The zero-order chi connectivity index (χ0) is 14.7. The second-order valence-electron chi connectivity index (χ2n) is 4.22. The summed E-state index contributed by atoms with van der Waals surface area (Å²) in [6, 6.07) is 3.33. The highest BCUT2D eigenvalue weighted by molar-refractivity contribution is 7.16. The normalized spacial score (nSPS) is 10.8. The van der Waals surface area contributed by atoms with Crippen LogP contribution in [0.4, 0.5) is 0 Å². The van der Waals surface area contributed by atoms with Gasteiger partial charge < -0.3 is 5.11 Å². The van der Waals surface area contributed by atoms with Crippen LogP contribution in [0.25, 0.3) is 0 Å². The number of carbonyl (C=O) groups is 1. The minimum Gasteiger partial charge on any atom is -0.396 e. The van der Waals surface area contributed by atoms with E-state index in [9.17, 15) is 4.79 Å². The van der Waals surface area contributed by atoms with Crippen molar-refractivity contribution in [3.8, 4) is 0 Å². The molecule has 2 aromatic rings. The van der Waals surface area contributed by atoms with E-state index < -0.39 is 0 Å². The van der Waals surface area contributed by atoms with Gasteiger partial charge in [0.05, 0.1) is 5.56 Å². The third kappa shape index (κ3) is 3.20. The molecule has 0 aromatic carbocycles. The molecule has 2 heterocycles. The van der Waals surface area contributed by atoms with E-state index in [0.717, 1.165) is 11.3 Å². The van der Waals surface area contributed by atoms with Crippen LogP contribution in [0.1, 0.15) is 33.3 Å². The maximum atomic E-state index is 12.6. The fourth-order valence-electron chi connectivity index (χ4n) is 1.88. The van der Waals surface area contributed by atoms with E-state index in [-0.39, 0.29) is 17.5 Å². The number of hydrogen-bond donors (Lipinski definition) is 1. The van der Waals surface area contributed by atoms with Gasteiger partial charge in [-0.3, -0.25) is 4.79 Å². The summed E-state index contributed by atoms with van der Waals surface area (Å²) in [6.07, 6.45) is 2.71. The molecule has 0 spiro atoms. The first kappa shape index (κ1) is 15.4. The van der Waals surface area contributed by atoms with Crippen LogP contribution in [-0.2, 0) is 12.8 Å². The van der Waals surface area contributed by atoms with Gasteiger partial charge in [-0.1, -0.05) is 30.1 Å². The van der Waals surface area contributed by atoms with Gasteiger partial charge in [-0.2, -0.15) is 0 Å². The van der Waals surface area contributed by atoms with Gasteiger partial charge in [0, 0.05) is 23.2 Å². The van der Waals surface area contributed by atoms with Crippen LogP contribution in [0.3, 0.4) is 0 Å². The van der Waals surface area contributed by atoms with E-state index >= 15 is 0 Å². The van der Waals surface area contributed by atoms with E-state index in [1.165, 1.54) is 23.6 Å². The van der Waals surface area contributed by atoms with Gasteiger partial charge in [-0.25, -0.2) is 4.98 Å². The second-order valence-corrected chi connectivity index (χ2v) is 6.35. The molecule has 106 valence electrons. The van der Waals surface area contributed by atoms with Crippen LogP contribution in [0.5, 0.6) is 0 Å². The molecule has 0 aliphatic carbocycles. The Morgan fingerprint density at radius 2 is 2.10 bits per heavy atom. The first-order valence-electron chi connectivity index (χ1n) is 6.15. The minimum absolute atomic E-state index is 0.0544. The lowest BCUT2D eigenvalue weighted by Gasteiger charge is -2.07. The van der Waals surface area contributed by atoms with Crippen LogP contribution >= 0.6 is 34.5 Å². The summed E-state index contributed by atoms with van der Waals surface area (Å²) in [5.74, 6) is -0.182. The van der Waals surface area contributed by atoms with Crippen molar-refractivity contribution in [3.63, 3.8) is 0 Å². The highest BCUT2D eigenvalue weighted by Crippen LogP contribution is 2.31. The molecule has 2 aromatic heterocycles. The van der Waals surface area contributed by atoms with Gasteiger partial charge in [-0.05, 0) is 30.5 Å². The quantitative estimate of drug-likeness (QED) is 0.670. The fraction of sp³-hybridized carbons (Fsp3) is 0.286. The van der Waals surface area contributed by atoms with Crippen molar-refractivity contribution in [2.24, 2.45) is 0 Å². The number of pyridine rings is 1. The average molecular weight is 330 g/mol. The molecule has 3 nitrogen and oxygen atoms in total. The lowest BCUT2D eigenvalue weighted by Crippen LogP contribution is -2.07.